The number of hydrogen-bond acceptors (Lipinski definition) is 7. The van der Waals surface area contributed by atoms with Gasteiger partial charge in [-0.25, -0.2) is 19.3 Å². The molecule has 32 heavy (non-hydrogen) atoms. The van der Waals surface area contributed by atoms with Crippen LogP contribution in [-0.2, 0) is 25.4 Å². The molecule has 0 saturated carbocycles. The molecule has 0 heterocycles. The van der Waals surface area contributed by atoms with Gasteiger partial charge in [-0.1, -0.05) is 30.3 Å². The van der Waals surface area contributed by atoms with Crippen LogP contribution >= 0.6 is 0 Å². The molecule has 0 saturated heterocycles. The Morgan fingerprint density at radius 1 is 0.750 bits per heavy atom. The average Bonchev–Trinajstić information content (AvgIpc) is 2.56. The van der Waals surface area contributed by atoms with Gasteiger partial charge >= 0.3 is 18.3 Å². The molecule has 180 valence electrons. The largest absolute Gasteiger partial charge is 0.508 e. The molecule has 8 nitrogen and oxygen atoms in total. The number of benzene rings is 1. The lowest BCUT2D eigenvalue weighted by Crippen LogP contribution is -2.51. The van der Waals surface area contributed by atoms with Crippen molar-refractivity contribution in [3.8, 4) is 0 Å². The molecule has 0 aliphatic rings. The minimum Gasteiger partial charge on any atom is -0.443 e. The van der Waals surface area contributed by atoms with E-state index in [9.17, 15) is 14.4 Å². The van der Waals surface area contributed by atoms with Gasteiger partial charge in [-0.2, -0.15) is 0 Å². The number of hydrogen-bond donors (Lipinski definition) is 0. The molecule has 0 bridgehead atoms. The molecule has 1 atom stereocenters. The minimum atomic E-state index is -0.899. The van der Waals surface area contributed by atoms with E-state index in [0.29, 0.717) is 0 Å². The second-order valence-electron chi connectivity index (χ2n) is 10.4. The van der Waals surface area contributed by atoms with Crippen LogP contribution in [0.2, 0.25) is 0 Å². The third-order valence-electron chi connectivity index (χ3n) is 3.64. The minimum absolute atomic E-state index is 0.224. The molecule has 0 aliphatic carbocycles. The van der Waals surface area contributed by atoms with Crippen molar-refractivity contribution in [2.75, 3.05) is 6.61 Å². The number of ether oxygens (including phenoxy) is 4. The number of amides is 2. The van der Waals surface area contributed by atoms with E-state index in [4.69, 9.17) is 18.9 Å². The summed E-state index contributed by atoms with van der Waals surface area (Å²) in [5.41, 5.74) is -1.61. The van der Waals surface area contributed by atoms with Crippen molar-refractivity contribution in [3.63, 3.8) is 0 Å². The second kappa shape index (κ2) is 10.7. The van der Waals surface area contributed by atoms with E-state index in [1.165, 1.54) is 0 Å². The molecular formula is C24H37NO7. The molecule has 0 N–H and O–H groups in total. The fourth-order valence-corrected chi connectivity index (χ4v) is 2.55. The molecule has 0 aromatic heterocycles. The number of imide groups is 1. The normalized spacial score (nSPS) is 13.0. The van der Waals surface area contributed by atoms with Gasteiger partial charge in [0.1, 0.15) is 23.4 Å². The summed E-state index contributed by atoms with van der Waals surface area (Å²) in [4.78, 5) is 39.1. The van der Waals surface area contributed by atoms with Crippen molar-refractivity contribution in [3.05, 3.63) is 35.9 Å². The van der Waals surface area contributed by atoms with Crippen LogP contribution in [0.3, 0.4) is 0 Å². The van der Waals surface area contributed by atoms with Gasteiger partial charge in [-0.05, 0) is 74.3 Å². The molecule has 0 fully saturated rings. The highest BCUT2D eigenvalue weighted by Gasteiger charge is 2.37. The van der Waals surface area contributed by atoms with E-state index in [1.807, 2.05) is 30.3 Å². The zero-order chi connectivity index (χ0) is 24.7. The molecular weight excluding hydrogens is 414 g/mol. The van der Waals surface area contributed by atoms with Crippen LogP contribution in [0.1, 0.15) is 67.9 Å². The lowest BCUT2D eigenvalue weighted by molar-refractivity contribution is -0.0324. The van der Waals surface area contributed by atoms with Crippen LogP contribution in [0.4, 0.5) is 14.4 Å². The first-order chi connectivity index (χ1) is 14.5. The summed E-state index contributed by atoms with van der Waals surface area (Å²) in [6.07, 6.45) is -2.45. The van der Waals surface area contributed by atoms with Crippen LogP contribution in [0.25, 0.3) is 0 Å². The Morgan fingerprint density at radius 2 is 1.19 bits per heavy atom. The number of carbonyl (C=O) groups excluding carboxylic acids is 3. The lowest BCUT2D eigenvalue weighted by Gasteiger charge is -2.33. The number of nitrogens with zero attached hydrogens (tertiary/aromatic N) is 1. The first-order valence-corrected chi connectivity index (χ1v) is 10.6. The molecule has 1 unspecified atom stereocenters. The SMILES string of the molecule is CC(C)(C)OC(=O)OCC(Cc1ccccc1)N(C(=O)OC(C)(C)C)C(=O)OC(C)(C)C. The summed E-state index contributed by atoms with van der Waals surface area (Å²) in [6, 6.07) is 8.36. The summed E-state index contributed by atoms with van der Waals surface area (Å²) >= 11 is 0. The van der Waals surface area contributed by atoms with Crippen LogP contribution in [0.15, 0.2) is 30.3 Å². The van der Waals surface area contributed by atoms with E-state index in [0.717, 1.165) is 10.5 Å². The predicted octanol–water partition coefficient (Wildman–Crippen LogP) is 5.72. The first kappa shape index (κ1) is 27.3. The second-order valence-corrected chi connectivity index (χ2v) is 10.4. The summed E-state index contributed by atoms with van der Waals surface area (Å²) in [7, 11) is 0. The van der Waals surface area contributed by atoms with Gasteiger partial charge < -0.3 is 18.9 Å². The van der Waals surface area contributed by atoms with Gasteiger partial charge in [0, 0.05) is 0 Å². The average molecular weight is 452 g/mol. The third-order valence-corrected chi connectivity index (χ3v) is 3.64. The highest BCUT2D eigenvalue weighted by atomic mass is 16.7. The Morgan fingerprint density at radius 3 is 1.59 bits per heavy atom. The Kier molecular flexibility index (Phi) is 9.12. The zero-order valence-corrected chi connectivity index (χ0v) is 20.7. The highest BCUT2D eigenvalue weighted by molar-refractivity contribution is 5.88. The van der Waals surface area contributed by atoms with Crippen molar-refractivity contribution in [2.45, 2.75) is 91.6 Å². The summed E-state index contributed by atoms with van der Waals surface area (Å²) < 4.78 is 21.4. The van der Waals surface area contributed by atoms with Crippen molar-refractivity contribution in [1.29, 1.82) is 0 Å². The lowest BCUT2D eigenvalue weighted by atomic mass is 10.1. The maximum absolute atomic E-state index is 13.0. The fourth-order valence-electron chi connectivity index (χ4n) is 2.55. The van der Waals surface area contributed by atoms with Crippen LogP contribution in [0, 0.1) is 0 Å². The number of rotatable bonds is 5. The Hall–Kier alpha value is -2.77. The van der Waals surface area contributed by atoms with Crippen LogP contribution in [0.5, 0.6) is 0 Å². The van der Waals surface area contributed by atoms with Crippen LogP contribution in [-0.4, -0.2) is 52.7 Å². The molecule has 0 radical (unpaired) electrons. The van der Waals surface area contributed by atoms with Crippen molar-refractivity contribution >= 4 is 18.3 Å². The van der Waals surface area contributed by atoms with E-state index in [2.05, 4.69) is 0 Å². The zero-order valence-electron chi connectivity index (χ0n) is 20.7. The predicted molar refractivity (Wildman–Crippen MR) is 120 cm³/mol. The summed E-state index contributed by atoms with van der Waals surface area (Å²) in [5, 5.41) is 0. The molecule has 0 spiro atoms. The van der Waals surface area contributed by atoms with Gasteiger partial charge in [0.05, 0.1) is 6.04 Å². The quantitative estimate of drug-likeness (QED) is 0.417. The van der Waals surface area contributed by atoms with Gasteiger partial charge in [0.2, 0.25) is 0 Å². The van der Waals surface area contributed by atoms with Crippen molar-refractivity contribution < 1.29 is 33.3 Å². The molecule has 8 heteroatoms. The summed E-state index contributed by atoms with van der Waals surface area (Å²) in [5.74, 6) is 0. The van der Waals surface area contributed by atoms with E-state index >= 15 is 0 Å². The molecule has 0 aliphatic heterocycles. The molecule has 1 aromatic carbocycles. The highest BCUT2D eigenvalue weighted by Crippen LogP contribution is 2.20. The maximum Gasteiger partial charge on any atom is 0.508 e. The maximum atomic E-state index is 13.0. The Balaban J connectivity index is 3.25. The van der Waals surface area contributed by atoms with Gasteiger partial charge in [-0.3, -0.25) is 0 Å². The van der Waals surface area contributed by atoms with Gasteiger partial charge in [0.15, 0.2) is 0 Å². The van der Waals surface area contributed by atoms with E-state index in [-0.39, 0.29) is 13.0 Å². The van der Waals surface area contributed by atoms with Gasteiger partial charge in [-0.15, -0.1) is 0 Å². The van der Waals surface area contributed by atoms with E-state index < -0.39 is 41.2 Å². The fraction of sp³-hybridized carbons (Fsp3) is 0.625. The van der Waals surface area contributed by atoms with Gasteiger partial charge in [0.25, 0.3) is 0 Å². The monoisotopic (exact) mass is 451 g/mol. The van der Waals surface area contributed by atoms with Crippen molar-refractivity contribution in [2.24, 2.45) is 0 Å². The molecule has 1 aromatic rings. The standard InChI is InChI=1S/C24H37NO7/c1-22(2,3)30-19(26)25(20(27)31-23(4,5)6)18(15-17-13-11-10-12-14-17)16-29-21(28)32-24(7,8)9/h10-14,18H,15-16H2,1-9H3. The summed E-state index contributed by atoms with van der Waals surface area (Å²) in [6.45, 7) is 15.0. The third kappa shape index (κ3) is 11.0. The molecule has 1 rings (SSSR count). The smallest absolute Gasteiger partial charge is 0.443 e. The van der Waals surface area contributed by atoms with Crippen LogP contribution < -0.4 is 0 Å². The van der Waals surface area contributed by atoms with Crippen molar-refractivity contribution in [1.82, 2.24) is 4.90 Å². The Labute approximate surface area is 191 Å². The topological polar surface area (TPSA) is 91.4 Å². The number of carbonyl (C=O) groups is 3. The first-order valence-electron chi connectivity index (χ1n) is 10.6. The molecule has 2 amide bonds. The Bertz CT molecular complexity index is 742. The van der Waals surface area contributed by atoms with E-state index in [1.54, 1.807) is 62.3 Å².